The molecule has 2 nitrogen and oxygen atoms in total. The Morgan fingerprint density at radius 1 is 1.11 bits per heavy atom. The van der Waals surface area contributed by atoms with E-state index in [2.05, 4.69) is 35.3 Å². The summed E-state index contributed by atoms with van der Waals surface area (Å²) in [6.45, 7) is 7.08. The van der Waals surface area contributed by atoms with Crippen molar-refractivity contribution in [2.45, 2.75) is 45.1 Å². The Hall–Kier alpha value is -0.860. The second-order valence-electron chi connectivity index (χ2n) is 5.95. The average molecular weight is 258 g/mol. The Balaban J connectivity index is 1.80. The van der Waals surface area contributed by atoms with Gasteiger partial charge in [-0.05, 0) is 55.3 Å². The van der Waals surface area contributed by atoms with Crippen LogP contribution in [-0.4, -0.2) is 31.1 Å². The van der Waals surface area contributed by atoms with E-state index < -0.39 is 0 Å². The zero-order valence-electron chi connectivity index (χ0n) is 12.1. The normalized spacial score (nSPS) is 21.9. The molecule has 0 saturated carbocycles. The summed E-state index contributed by atoms with van der Waals surface area (Å²) in [5.41, 5.74) is 4.75. The Morgan fingerprint density at radius 2 is 2.00 bits per heavy atom. The zero-order chi connectivity index (χ0) is 13.1. The van der Waals surface area contributed by atoms with E-state index in [0.29, 0.717) is 6.04 Å². The zero-order valence-corrected chi connectivity index (χ0v) is 12.1. The molecule has 0 bridgehead atoms. The van der Waals surface area contributed by atoms with Crippen LogP contribution in [0.1, 0.15) is 48.9 Å². The highest BCUT2D eigenvalue weighted by molar-refractivity contribution is 5.36. The molecule has 0 radical (unpaired) electrons. The van der Waals surface area contributed by atoms with Gasteiger partial charge in [0.05, 0.1) is 0 Å². The van der Waals surface area contributed by atoms with Gasteiger partial charge in [0.25, 0.3) is 0 Å². The number of hydrogen-bond acceptors (Lipinski definition) is 2. The number of benzene rings is 1. The summed E-state index contributed by atoms with van der Waals surface area (Å²) in [6.07, 6.45) is 6.44. The summed E-state index contributed by atoms with van der Waals surface area (Å²) in [4.78, 5) is 2.68. The van der Waals surface area contributed by atoms with Crippen molar-refractivity contribution in [3.05, 3.63) is 34.9 Å². The lowest BCUT2D eigenvalue weighted by molar-refractivity contribution is 0.205. The standard InChI is InChI=1S/C17H26N2/c1-2-17(19-11-4-9-18-10-12-19)16-8-7-14-5-3-6-15(14)13-16/h7-8,13,17-18H,2-6,9-12H2,1H3. The maximum atomic E-state index is 3.51. The minimum Gasteiger partial charge on any atom is -0.315 e. The molecule has 104 valence electrons. The molecule has 2 aliphatic rings. The molecule has 1 N–H and O–H groups in total. The van der Waals surface area contributed by atoms with Crippen molar-refractivity contribution in [2.75, 3.05) is 26.2 Å². The van der Waals surface area contributed by atoms with Gasteiger partial charge in [-0.25, -0.2) is 0 Å². The van der Waals surface area contributed by atoms with Crippen molar-refractivity contribution in [3.63, 3.8) is 0 Å². The van der Waals surface area contributed by atoms with Gasteiger partial charge in [0.2, 0.25) is 0 Å². The van der Waals surface area contributed by atoms with Crippen molar-refractivity contribution < 1.29 is 0 Å². The third-order valence-electron chi connectivity index (χ3n) is 4.71. The fourth-order valence-electron chi connectivity index (χ4n) is 3.68. The van der Waals surface area contributed by atoms with Crippen molar-refractivity contribution in [2.24, 2.45) is 0 Å². The summed E-state index contributed by atoms with van der Waals surface area (Å²) in [5, 5.41) is 3.51. The van der Waals surface area contributed by atoms with Gasteiger partial charge < -0.3 is 5.32 Å². The van der Waals surface area contributed by atoms with Crippen molar-refractivity contribution in [3.8, 4) is 0 Å². The summed E-state index contributed by atoms with van der Waals surface area (Å²) >= 11 is 0. The van der Waals surface area contributed by atoms with Gasteiger partial charge in [-0.15, -0.1) is 0 Å². The fraction of sp³-hybridized carbons (Fsp3) is 0.647. The van der Waals surface area contributed by atoms with Crippen LogP contribution in [0.3, 0.4) is 0 Å². The first-order valence-electron chi connectivity index (χ1n) is 7.95. The van der Waals surface area contributed by atoms with Gasteiger partial charge in [-0.3, -0.25) is 4.90 Å². The Morgan fingerprint density at radius 3 is 2.89 bits per heavy atom. The molecule has 2 heteroatoms. The average Bonchev–Trinajstić information content (AvgIpc) is 2.74. The molecule has 1 aliphatic carbocycles. The second kappa shape index (κ2) is 6.06. The maximum Gasteiger partial charge on any atom is 0.0346 e. The molecule has 0 aromatic heterocycles. The number of nitrogens with one attached hydrogen (secondary N) is 1. The minimum absolute atomic E-state index is 0.616. The largest absolute Gasteiger partial charge is 0.315 e. The number of fused-ring (bicyclic) bond motifs is 1. The van der Waals surface area contributed by atoms with Crippen LogP contribution < -0.4 is 5.32 Å². The molecule has 1 aromatic carbocycles. The van der Waals surface area contributed by atoms with Crippen LogP contribution in [0.2, 0.25) is 0 Å². The Bertz CT molecular complexity index is 419. The molecule has 1 heterocycles. The lowest BCUT2D eigenvalue weighted by atomic mass is 9.98. The molecular weight excluding hydrogens is 232 g/mol. The Kier molecular flexibility index (Phi) is 4.19. The third-order valence-corrected chi connectivity index (χ3v) is 4.71. The van der Waals surface area contributed by atoms with Crippen LogP contribution in [0, 0.1) is 0 Å². The van der Waals surface area contributed by atoms with Gasteiger partial charge in [0, 0.05) is 25.7 Å². The van der Waals surface area contributed by atoms with Crippen molar-refractivity contribution in [1.29, 1.82) is 0 Å². The first kappa shape index (κ1) is 13.1. The van der Waals surface area contributed by atoms with Gasteiger partial charge in [-0.2, -0.15) is 0 Å². The highest BCUT2D eigenvalue weighted by Crippen LogP contribution is 2.30. The monoisotopic (exact) mass is 258 g/mol. The molecule has 19 heavy (non-hydrogen) atoms. The van der Waals surface area contributed by atoms with E-state index in [9.17, 15) is 0 Å². The smallest absolute Gasteiger partial charge is 0.0346 e. The summed E-state index contributed by atoms with van der Waals surface area (Å²) in [7, 11) is 0. The van der Waals surface area contributed by atoms with Crippen LogP contribution in [0.15, 0.2) is 18.2 Å². The molecule has 1 unspecified atom stereocenters. The van der Waals surface area contributed by atoms with Crippen molar-refractivity contribution in [1.82, 2.24) is 10.2 Å². The predicted octanol–water partition coefficient (Wildman–Crippen LogP) is 2.92. The number of nitrogens with zero attached hydrogens (tertiary/aromatic N) is 1. The van der Waals surface area contributed by atoms with Crippen LogP contribution in [-0.2, 0) is 12.8 Å². The van der Waals surface area contributed by atoms with Gasteiger partial charge >= 0.3 is 0 Å². The van der Waals surface area contributed by atoms with Crippen LogP contribution in [0.4, 0.5) is 0 Å². The van der Waals surface area contributed by atoms with Gasteiger partial charge in [0.1, 0.15) is 0 Å². The van der Waals surface area contributed by atoms with Gasteiger partial charge in [0.15, 0.2) is 0 Å². The highest BCUT2D eigenvalue weighted by Gasteiger charge is 2.21. The fourth-order valence-corrected chi connectivity index (χ4v) is 3.68. The maximum absolute atomic E-state index is 3.51. The molecule has 0 spiro atoms. The van der Waals surface area contributed by atoms with E-state index in [0.717, 1.165) is 6.54 Å². The number of rotatable bonds is 3. The lowest BCUT2D eigenvalue weighted by Crippen LogP contribution is -2.32. The van der Waals surface area contributed by atoms with E-state index in [1.807, 2.05) is 0 Å². The van der Waals surface area contributed by atoms with Crippen LogP contribution in [0.5, 0.6) is 0 Å². The molecule has 1 saturated heterocycles. The van der Waals surface area contributed by atoms with E-state index in [1.165, 1.54) is 51.7 Å². The molecule has 3 rings (SSSR count). The minimum atomic E-state index is 0.616. The first-order valence-corrected chi connectivity index (χ1v) is 7.95. The molecular formula is C17H26N2. The Labute approximate surface area is 117 Å². The molecule has 1 aromatic rings. The molecule has 1 atom stereocenters. The third kappa shape index (κ3) is 2.85. The quantitative estimate of drug-likeness (QED) is 0.897. The van der Waals surface area contributed by atoms with E-state index in [1.54, 1.807) is 16.7 Å². The summed E-state index contributed by atoms with van der Waals surface area (Å²) in [5.74, 6) is 0. The molecule has 1 fully saturated rings. The SMILES string of the molecule is CCC(c1ccc2c(c1)CCC2)N1CCCNCC1. The highest BCUT2D eigenvalue weighted by atomic mass is 15.2. The van der Waals surface area contributed by atoms with Crippen LogP contribution >= 0.6 is 0 Å². The second-order valence-corrected chi connectivity index (χ2v) is 5.95. The summed E-state index contributed by atoms with van der Waals surface area (Å²) < 4.78 is 0. The summed E-state index contributed by atoms with van der Waals surface area (Å²) in [6, 6.07) is 7.88. The van der Waals surface area contributed by atoms with Gasteiger partial charge in [-0.1, -0.05) is 25.1 Å². The lowest BCUT2D eigenvalue weighted by Gasteiger charge is -2.30. The first-order chi connectivity index (χ1) is 9.38. The number of aryl methyl sites for hydroxylation is 2. The topological polar surface area (TPSA) is 15.3 Å². The predicted molar refractivity (Wildman–Crippen MR) is 80.6 cm³/mol. The van der Waals surface area contributed by atoms with E-state index in [-0.39, 0.29) is 0 Å². The van der Waals surface area contributed by atoms with E-state index in [4.69, 9.17) is 0 Å². The van der Waals surface area contributed by atoms with Crippen molar-refractivity contribution >= 4 is 0 Å². The van der Waals surface area contributed by atoms with E-state index >= 15 is 0 Å². The van der Waals surface area contributed by atoms with Crippen LogP contribution in [0.25, 0.3) is 0 Å². The molecule has 0 amide bonds. The molecule has 1 aliphatic heterocycles. The number of hydrogen-bond donors (Lipinski definition) is 1.